The van der Waals surface area contributed by atoms with Gasteiger partial charge in [-0.3, -0.25) is 10.1 Å². The number of amides is 3. The number of hydrogen-bond acceptors (Lipinski definition) is 5. The normalized spacial score (nSPS) is 15.8. The van der Waals surface area contributed by atoms with Gasteiger partial charge in [-0.1, -0.05) is 0 Å². The topological polar surface area (TPSA) is 90.5 Å². The van der Waals surface area contributed by atoms with E-state index in [9.17, 15) is 14.7 Å². The number of imide groups is 1. The van der Waals surface area contributed by atoms with Crippen molar-refractivity contribution in [2.75, 3.05) is 25.6 Å². The van der Waals surface area contributed by atoms with Gasteiger partial charge in [-0.25, -0.2) is 4.79 Å². The molecule has 100 valence electrons. The van der Waals surface area contributed by atoms with Crippen molar-refractivity contribution in [2.24, 2.45) is 0 Å². The Morgan fingerprint density at radius 1 is 1.47 bits per heavy atom. The molecule has 0 saturated carbocycles. The van der Waals surface area contributed by atoms with Crippen molar-refractivity contribution in [1.29, 1.82) is 0 Å². The molecule has 0 bridgehead atoms. The average Bonchev–Trinajstić information content (AvgIpc) is 2.25. The molecule has 7 heteroatoms. The van der Waals surface area contributed by atoms with Gasteiger partial charge in [-0.05, 0) is 20.1 Å². The van der Waals surface area contributed by atoms with E-state index in [1.165, 1.54) is 18.8 Å². The molecule has 0 aliphatic heterocycles. The molecule has 0 aromatic carbocycles. The fraction of sp³-hybridized carbons (Fsp3) is 0.800. The van der Waals surface area contributed by atoms with E-state index in [1.54, 1.807) is 13.8 Å². The molecule has 17 heavy (non-hydrogen) atoms. The summed E-state index contributed by atoms with van der Waals surface area (Å²) in [6, 6.07) is -1.08. The second kappa shape index (κ2) is 7.52. The average molecular weight is 263 g/mol. The molecule has 0 rings (SSSR count). The lowest BCUT2D eigenvalue weighted by Gasteiger charge is -2.24. The molecule has 0 spiro atoms. The van der Waals surface area contributed by atoms with Crippen LogP contribution in [0.15, 0.2) is 0 Å². The minimum atomic E-state index is -0.874. The zero-order chi connectivity index (χ0) is 13.5. The number of nitrogens with one attached hydrogen (secondary N) is 3. The van der Waals surface area contributed by atoms with Gasteiger partial charge in [0.15, 0.2) is 0 Å². The zero-order valence-electron chi connectivity index (χ0n) is 10.7. The summed E-state index contributed by atoms with van der Waals surface area (Å²) in [5.41, 5.74) is -0.874. The summed E-state index contributed by atoms with van der Waals surface area (Å²) in [5, 5.41) is 17.2. The predicted octanol–water partition coefficient (Wildman–Crippen LogP) is -0.466. The number of urea groups is 1. The smallest absolute Gasteiger partial charge is 0.321 e. The number of carbonyl (C=O) groups is 2. The number of rotatable bonds is 6. The van der Waals surface area contributed by atoms with Crippen LogP contribution >= 0.6 is 11.8 Å². The Bertz CT molecular complexity index is 272. The Labute approximate surface area is 106 Å². The maximum atomic E-state index is 11.5. The lowest BCUT2D eigenvalue weighted by Crippen LogP contribution is -2.51. The highest BCUT2D eigenvalue weighted by atomic mass is 32.2. The second-order valence-electron chi connectivity index (χ2n) is 4.10. The van der Waals surface area contributed by atoms with E-state index in [0.29, 0.717) is 5.75 Å². The van der Waals surface area contributed by atoms with E-state index in [-0.39, 0.29) is 6.54 Å². The summed E-state index contributed by atoms with van der Waals surface area (Å²) in [5.74, 6) is 0.147. The highest BCUT2D eigenvalue weighted by Crippen LogP contribution is 2.09. The lowest BCUT2D eigenvalue weighted by molar-refractivity contribution is -0.121. The monoisotopic (exact) mass is 263 g/mol. The number of aliphatic hydroxyl groups is 1. The quantitative estimate of drug-likeness (QED) is 0.520. The van der Waals surface area contributed by atoms with Gasteiger partial charge in [-0.2, -0.15) is 11.8 Å². The molecule has 2 atom stereocenters. The van der Waals surface area contributed by atoms with Gasteiger partial charge in [0.05, 0.1) is 11.6 Å². The van der Waals surface area contributed by atoms with Crippen molar-refractivity contribution >= 4 is 23.7 Å². The van der Waals surface area contributed by atoms with Crippen LogP contribution in [-0.2, 0) is 4.79 Å². The first-order valence-corrected chi connectivity index (χ1v) is 6.69. The number of hydrogen-bond donors (Lipinski definition) is 4. The van der Waals surface area contributed by atoms with E-state index in [1.807, 2.05) is 6.26 Å². The van der Waals surface area contributed by atoms with Gasteiger partial charge in [0.1, 0.15) is 0 Å². The third kappa shape index (κ3) is 7.19. The van der Waals surface area contributed by atoms with Gasteiger partial charge < -0.3 is 15.7 Å². The Morgan fingerprint density at radius 3 is 2.53 bits per heavy atom. The van der Waals surface area contributed by atoms with E-state index >= 15 is 0 Å². The summed E-state index contributed by atoms with van der Waals surface area (Å²) in [6.45, 7) is 3.61. The molecule has 0 aromatic heterocycles. The van der Waals surface area contributed by atoms with Gasteiger partial charge >= 0.3 is 6.03 Å². The minimum absolute atomic E-state index is 0.288. The molecule has 0 heterocycles. The first-order valence-electron chi connectivity index (χ1n) is 5.29. The van der Waals surface area contributed by atoms with Gasteiger partial charge in [0, 0.05) is 19.3 Å². The fourth-order valence-corrected chi connectivity index (χ4v) is 1.83. The van der Waals surface area contributed by atoms with Gasteiger partial charge in [0.25, 0.3) is 0 Å². The van der Waals surface area contributed by atoms with Crippen LogP contribution in [0, 0.1) is 0 Å². The van der Waals surface area contributed by atoms with Crippen molar-refractivity contribution in [3.05, 3.63) is 0 Å². The Kier molecular flexibility index (Phi) is 7.17. The fourth-order valence-electron chi connectivity index (χ4n) is 1.11. The zero-order valence-corrected chi connectivity index (χ0v) is 11.5. The molecule has 0 radical (unpaired) electrons. The highest BCUT2D eigenvalue weighted by Gasteiger charge is 2.22. The van der Waals surface area contributed by atoms with Gasteiger partial charge in [-0.15, -0.1) is 0 Å². The molecule has 0 aromatic rings. The first kappa shape index (κ1) is 16.2. The second-order valence-corrected chi connectivity index (χ2v) is 4.97. The van der Waals surface area contributed by atoms with Crippen molar-refractivity contribution in [3.63, 3.8) is 0 Å². The Morgan fingerprint density at radius 2 is 2.06 bits per heavy atom. The SMILES string of the molecule is CNC(=O)NC(=O)C(C)NCC(C)(O)CSC. The minimum Gasteiger partial charge on any atom is -0.388 e. The van der Waals surface area contributed by atoms with Crippen LogP contribution in [0.5, 0.6) is 0 Å². The molecule has 0 fully saturated rings. The molecule has 4 N–H and O–H groups in total. The number of thioether (sulfide) groups is 1. The molecular formula is C10H21N3O3S. The summed E-state index contributed by atoms with van der Waals surface area (Å²) < 4.78 is 0. The first-order chi connectivity index (χ1) is 7.82. The van der Waals surface area contributed by atoms with Crippen LogP contribution in [0.25, 0.3) is 0 Å². The summed E-state index contributed by atoms with van der Waals surface area (Å²) >= 11 is 1.53. The van der Waals surface area contributed by atoms with Crippen LogP contribution < -0.4 is 16.0 Å². The van der Waals surface area contributed by atoms with Crippen LogP contribution in [0.2, 0.25) is 0 Å². The molecule has 0 aliphatic rings. The summed E-state index contributed by atoms with van der Waals surface area (Å²) in [6.07, 6.45) is 1.90. The summed E-state index contributed by atoms with van der Waals surface area (Å²) in [4.78, 5) is 22.4. The highest BCUT2D eigenvalue weighted by molar-refractivity contribution is 7.98. The standard InChI is InChI=1S/C10H21N3O3S/c1-7(8(14)13-9(15)11-3)12-5-10(2,16)6-17-4/h7,12,16H,5-6H2,1-4H3,(H2,11,13,14,15). The molecule has 2 unspecified atom stereocenters. The van der Waals surface area contributed by atoms with Crippen LogP contribution in [0.1, 0.15) is 13.8 Å². The third-order valence-electron chi connectivity index (χ3n) is 2.10. The van der Waals surface area contributed by atoms with E-state index < -0.39 is 23.6 Å². The van der Waals surface area contributed by atoms with Crippen molar-refractivity contribution in [2.45, 2.75) is 25.5 Å². The van der Waals surface area contributed by atoms with E-state index in [4.69, 9.17) is 0 Å². The van der Waals surface area contributed by atoms with Gasteiger partial charge in [0.2, 0.25) is 5.91 Å². The largest absolute Gasteiger partial charge is 0.388 e. The third-order valence-corrected chi connectivity index (χ3v) is 3.01. The number of carbonyl (C=O) groups excluding carboxylic acids is 2. The van der Waals surface area contributed by atoms with Crippen LogP contribution in [-0.4, -0.2) is 54.3 Å². The molecule has 6 nitrogen and oxygen atoms in total. The molecule has 0 saturated heterocycles. The maximum Gasteiger partial charge on any atom is 0.321 e. The maximum absolute atomic E-state index is 11.5. The summed E-state index contributed by atoms with van der Waals surface area (Å²) in [7, 11) is 1.43. The van der Waals surface area contributed by atoms with E-state index in [2.05, 4.69) is 16.0 Å². The van der Waals surface area contributed by atoms with Crippen LogP contribution in [0.4, 0.5) is 4.79 Å². The Hall–Kier alpha value is -0.790. The van der Waals surface area contributed by atoms with Crippen LogP contribution in [0.3, 0.4) is 0 Å². The van der Waals surface area contributed by atoms with Crippen molar-refractivity contribution in [3.8, 4) is 0 Å². The van der Waals surface area contributed by atoms with Crippen molar-refractivity contribution in [1.82, 2.24) is 16.0 Å². The Balaban J connectivity index is 4.04. The molecular weight excluding hydrogens is 242 g/mol. The van der Waals surface area contributed by atoms with Crippen molar-refractivity contribution < 1.29 is 14.7 Å². The lowest BCUT2D eigenvalue weighted by atomic mass is 10.1. The predicted molar refractivity (Wildman–Crippen MR) is 69.1 cm³/mol. The molecule has 0 aliphatic carbocycles. The molecule has 3 amide bonds. The van der Waals surface area contributed by atoms with E-state index in [0.717, 1.165) is 0 Å².